The van der Waals surface area contributed by atoms with Crippen LogP contribution in [0, 0.1) is 23.1 Å². The molecule has 0 unspecified atom stereocenters. The Morgan fingerprint density at radius 1 is 1.13 bits per heavy atom. The molecule has 45 heavy (non-hydrogen) atoms. The molecule has 3 aromatic rings. The van der Waals surface area contributed by atoms with E-state index in [1.54, 1.807) is 11.0 Å². The van der Waals surface area contributed by atoms with Crippen LogP contribution in [0.15, 0.2) is 41.5 Å². The number of carbonyl (C=O) groups excluding carboxylic acids is 1. The molecule has 0 saturated carbocycles. The molecule has 2 aliphatic heterocycles. The molecule has 240 valence electrons. The van der Waals surface area contributed by atoms with Crippen LogP contribution in [0.3, 0.4) is 0 Å². The highest BCUT2D eigenvalue weighted by Gasteiger charge is 2.28. The third kappa shape index (κ3) is 7.54. The highest BCUT2D eigenvalue weighted by Crippen LogP contribution is 2.34. The smallest absolute Gasteiger partial charge is 0.410 e. The Balaban J connectivity index is 1.29. The van der Waals surface area contributed by atoms with Crippen LogP contribution in [-0.2, 0) is 21.5 Å². The molecule has 1 amide bonds. The molecule has 1 aromatic heterocycles. The van der Waals surface area contributed by atoms with Crippen molar-refractivity contribution in [1.29, 1.82) is 5.26 Å². The maximum Gasteiger partial charge on any atom is 0.410 e. The lowest BCUT2D eigenvalue weighted by Gasteiger charge is -2.33. The zero-order chi connectivity index (χ0) is 32.4. The fourth-order valence-electron chi connectivity index (χ4n) is 5.52. The molecule has 2 fully saturated rings. The molecule has 2 aliphatic rings. The summed E-state index contributed by atoms with van der Waals surface area (Å²) in [5.41, 5.74) is -0.860. The third-order valence-corrected chi connectivity index (χ3v) is 9.45. The molecule has 3 heterocycles. The normalized spacial score (nSPS) is 16.5. The summed E-state index contributed by atoms with van der Waals surface area (Å²) in [5.74, 6) is -0.912. The predicted octanol–water partition coefficient (Wildman–Crippen LogP) is 4.99. The monoisotopic (exact) mass is 640 g/mol. The van der Waals surface area contributed by atoms with Crippen molar-refractivity contribution in [1.82, 2.24) is 18.8 Å². The first-order valence-electron chi connectivity index (χ1n) is 15.0. The number of anilines is 1. The summed E-state index contributed by atoms with van der Waals surface area (Å²) in [7, 11) is -3.94. The lowest BCUT2D eigenvalue weighted by molar-refractivity contribution is 0.0179. The largest absolute Gasteiger partial charge is 0.453 e. The van der Waals surface area contributed by atoms with Gasteiger partial charge >= 0.3 is 16.3 Å². The number of fused-ring (bicyclic) bond motifs is 1. The van der Waals surface area contributed by atoms with E-state index in [0.29, 0.717) is 44.2 Å². The number of aryl methyl sites for hydroxylation is 1. The first-order chi connectivity index (χ1) is 21.3. The van der Waals surface area contributed by atoms with Crippen molar-refractivity contribution < 1.29 is 27.1 Å². The number of benzene rings is 2. The summed E-state index contributed by atoms with van der Waals surface area (Å²) in [6.07, 6.45) is 4.97. The average Bonchev–Trinajstić information content (AvgIpc) is 3.55. The minimum atomic E-state index is -3.94. The maximum atomic E-state index is 14.9. The Morgan fingerprint density at radius 3 is 2.51 bits per heavy atom. The van der Waals surface area contributed by atoms with E-state index in [0.717, 1.165) is 38.2 Å². The molecule has 0 radical (unpaired) electrons. The zero-order valence-electron chi connectivity index (χ0n) is 25.6. The summed E-state index contributed by atoms with van der Waals surface area (Å²) >= 11 is 0. The topological polar surface area (TPSA) is 147 Å². The van der Waals surface area contributed by atoms with Gasteiger partial charge in [0, 0.05) is 32.7 Å². The van der Waals surface area contributed by atoms with Gasteiger partial charge in [-0.2, -0.15) is 18.0 Å². The molecule has 2 aromatic carbocycles. The molecule has 2 saturated heterocycles. The minimum absolute atomic E-state index is 0.0867. The number of likely N-dealkylation sites (tertiary alicyclic amines) is 1. The van der Waals surface area contributed by atoms with E-state index >= 15 is 0 Å². The second-order valence-electron chi connectivity index (χ2n) is 12.3. The number of rotatable bonds is 8. The fraction of sp³-hybridized carbons (Fsp3) is 0.484. The average molecular weight is 641 g/mol. The SMILES string of the molecule is CC(C)(C)OC(=O)N1CCC(CCn2cnc3ccc(Oc4c(F)ccc(NS(=O)(=O)N5CCCC5)c4C#N)cc3c2=O)CC1. The molecule has 0 atom stereocenters. The van der Waals surface area contributed by atoms with E-state index < -0.39 is 27.4 Å². The van der Waals surface area contributed by atoms with Crippen molar-refractivity contribution in [2.75, 3.05) is 30.9 Å². The van der Waals surface area contributed by atoms with Crippen LogP contribution >= 0.6 is 0 Å². The first kappa shape index (κ1) is 32.2. The van der Waals surface area contributed by atoms with E-state index in [4.69, 9.17) is 9.47 Å². The quantitative estimate of drug-likeness (QED) is 0.362. The van der Waals surface area contributed by atoms with Crippen LogP contribution < -0.4 is 15.0 Å². The fourth-order valence-corrected chi connectivity index (χ4v) is 6.83. The maximum absolute atomic E-state index is 14.9. The van der Waals surface area contributed by atoms with Crippen LogP contribution in [0.5, 0.6) is 11.5 Å². The summed E-state index contributed by atoms with van der Waals surface area (Å²) < 4.78 is 56.9. The van der Waals surface area contributed by atoms with Gasteiger partial charge in [0.2, 0.25) is 0 Å². The second kappa shape index (κ2) is 13.0. The number of halogens is 1. The Bertz CT molecular complexity index is 1780. The van der Waals surface area contributed by atoms with Gasteiger partial charge in [0.25, 0.3) is 5.56 Å². The summed E-state index contributed by atoms with van der Waals surface area (Å²) in [6, 6.07) is 8.54. The highest BCUT2D eigenvalue weighted by molar-refractivity contribution is 7.90. The van der Waals surface area contributed by atoms with Gasteiger partial charge in [-0.05, 0) is 89.1 Å². The molecular weight excluding hydrogens is 603 g/mol. The molecule has 14 heteroatoms. The van der Waals surface area contributed by atoms with Crippen molar-refractivity contribution in [3.63, 3.8) is 0 Å². The number of ether oxygens (including phenoxy) is 2. The molecule has 5 rings (SSSR count). The van der Waals surface area contributed by atoms with Crippen molar-refractivity contribution in [3.05, 3.63) is 58.4 Å². The van der Waals surface area contributed by atoms with Gasteiger partial charge in [-0.1, -0.05) is 0 Å². The number of hydrogen-bond donors (Lipinski definition) is 1. The van der Waals surface area contributed by atoms with Crippen LogP contribution in [0.2, 0.25) is 0 Å². The molecule has 12 nitrogen and oxygen atoms in total. The van der Waals surface area contributed by atoms with Gasteiger partial charge in [-0.3, -0.25) is 14.1 Å². The van der Waals surface area contributed by atoms with Crippen molar-refractivity contribution in [2.24, 2.45) is 5.92 Å². The standard InChI is InChI=1S/C31H37FN6O6S/c1-31(2,3)44-30(40)36-15-10-21(11-16-36)12-17-37-20-34-26-8-6-22(18-23(26)29(37)39)43-28-24(19-33)27(9-7-25(28)32)35-45(41,42)38-13-4-5-14-38/h6-9,18,20-21,35H,4-5,10-17H2,1-3H3. The van der Waals surface area contributed by atoms with Crippen LogP contribution in [0.25, 0.3) is 10.9 Å². The van der Waals surface area contributed by atoms with Crippen LogP contribution in [0.4, 0.5) is 14.9 Å². The van der Waals surface area contributed by atoms with Gasteiger partial charge in [0.05, 0.1) is 22.9 Å². The van der Waals surface area contributed by atoms with Crippen LogP contribution in [0.1, 0.15) is 58.4 Å². The number of nitriles is 1. The van der Waals surface area contributed by atoms with Crippen molar-refractivity contribution >= 4 is 32.9 Å². The molecule has 0 aliphatic carbocycles. The Morgan fingerprint density at radius 2 is 1.84 bits per heavy atom. The number of nitrogens with zero attached hydrogens (tertiary/aromatic N) is 5. The third-order valence-electron chi connectivity index (χ3n) is 7.93. The number of nitrogens with one attached hydrogen (secondary N) is 1. The number of amides is 1. The number of carbonyl (C=O) groups is 1. The van der Waals surface area contributed by atoms with Gasteiger partial charge in [0.15, 0.2) is 11.6 Å². The lowest BCUT2D eigenvalue weighted by atomic mass is 9.94. The van der Waals surface area contributed by atoms with Crippen molar-refractivity contribution in [3.8, 4) is 17.6 Å². The van der Waals surface area contributed by atoms with Gasteiger partial charge < -0.3 is 14.4 Å². The van der Waals surface area contributed by atoms with Crippen LogP contribution in [-0.4, -0.2) is 65.0 Å². The van der Waals surface area contributed by atoms with E-state index in [1.165, 1.54) is 33.4 Å². The molecule has 0 spiro atoms. The van der Waals surface area contributed by atoms with E-state index in [2.05, 4.69) is 9.71 Å². The van der Waals surface area contributed by atoms with E-state index in [1.807, 2.05) is 26.8 Å². The minimum Gasteiger partial charge on any atom is -0.453 e. The summed E-state index contributed by atoms with van der Waals surface area (Å²) in [5, 5.41) is 10.1. The van der Waals surface area contributed by atoms with Gasteiger partial charge in [0.1, 0.15) is 23.0 Å². The summed E-state index contributed by atoms with van der Waals surface area (Å²) in [6.45, 7) is 7.84. The lowest BCUT2D eigenvalue weighted by Crippen LogP contribution is -2.41. The second-order valence-corrected chi connectivity index (χ2v) is 14.0. The Hall–Kier alpha value is -4.22. The first-order valence-corrected chi connectivity index (χ1v) is 16.4. The molecule has 1 N–H and O–H groups in total. The van der Waals surface area contributed by atoms with Gasteiger partial charge in [-0.25, -0.2) is 14.2 Å². The van der Waals surface area contributed by atoms with Crippen molar-refractivity contribution in [2.45, 2.75) is 65.0 Å². The molecular formula is C31H37FN6O6S. The molecule has 0 bridgehead atoms. The zero-order valence-corrected chi connectivity index (χ0v) is 26.4. The Labute approximate surface area is 261 Å². The predicted molar refractivity (Wildman–Crippen MR) is 166 cm³/mol. The number of piperidine rings is 1. The number of hydrogen-bond acceptors (Lipinski definition) is 8. The highest BCUT2D eigenvalue weighted by atomic mass is 32.2. The van der Waals surface area contributed by atoms with Gasteiger partial charge in [-0.15, -0.1) is 0 Å². The van der Waals surface area contributed by atoms with E-state index in [9.17, 15) is 27.7 Å². The number of aromatic nitrogens is 2. The summed E-state index contributed by atoms with van der Waals surface area (Å²) in [4.78, 5) is 31.9. The van der Waals surface area contributed by atoms with E-state index in [-0.39, 0.29) is 34.0 Å². The Kier molecular flexibility index (Phi) is 9.31.